The van der Waals surface area contributed by atoms with Gasteiger partial charge in [0.1, 0.15) is 45.8 Å². The van der Waals surface area contributed by atoms with Crippen LogP contribution in [0.4, 0.5) is 0 Å². The Labute approximate surface area is 478 Å². The molecule has 7 aromatic rings. The van der Waals surface area contributed by atoms with Crippen LogP contribution < -0.4 is 28.4 Å². The van der Waals surface area contributed by atoms with Gasteiger partial charge in [-0.05, 0) is 150 Å². The van der Waals surface area contributed by atoms with Crippen molar-refractivity contribution < 1.29 is 52.7 Å². The van der Waals surface area contributed by atoms with Crippen LogP contribution in [-0.2, 0) is 0 Å². The van der Waals surface area contributed by atoms with Crippen molar-refractivity contribution in [3.8, 4) is 62.5 Å². The van der Waals surface area contributed by atoms with Crippen molar-refractivity contribution in [1.29, 1.82) is 0 Å². The van der Waals surface area contributed by atoms with Gasteiger partial charge in [0.25, 0.3) is 0 Å². The first-order valence-electron chi connectivity index (χ1n) is 29.2. The van der Waals surface area contributed by atoms with E-state index in [0.717, 1.165) is 59.4 Å². The summed E-state index contributed by atoms with van der Waals surface area (Å²) in [5, 5.41) is 10.6. The van der Waals surface area contributed by atoms with Gasteiger partial charge < -0.3 is 33.5 Å². The van der Waals surface area contributed by atoms with Crippen molar-refractivity contribution in [2.45, 2.75) is 142 Å². The molecule has 0 heterocycles. The minimum absolute atomic E-state index is 0.0276. The van der Waals surface area contributed by atoms with Crippen LogP contribution in [0.25, 0.3) is 22.3 Å². The molecule has 81 heavy (non-hydrogen) atoms. The van der Waals surface area contributed by atoms with E-state index in [4.69, 9.17) is 28.4 Å². The van der Waals surface area contributed by atoms with Crippen LogP contribution in [0.2, 0.25) is 0 Å². The molecule has 7 aromatic carbocycles. The maximum Gasteiger partial charge on any atom is 0.347 e. The number of phenolic OH excluding ortho intramolecular Hbond substituents is 1. The van der Waals surface area contributed by atoms with Gasteiger partial charge in [-0.3, -0.25) is 0 Å². The van der Waals surface area contributed by atoms with Gasteiger partial charge in [0.15, 0.2) is 0 Å². The topological polar surface area (TPSA) is 144 Å². The summed E-state index contributed by atoms with van der Waals surface area (Å²) in [6, 6.07) is 45.6. The lowest BCUT2D eigenvalue weighted by atomic mass is 10.1. The molecule has 0 unspecified atom stereocenters. The van der Waals surface area contributed by atoms with E-state index in [-0.39, 0.29) is 28.4 Å². The first kappa shape index (κ1) is 60.5. The molecule has 0 radical (unpaired) electrons. The number of ether oxygens (including phenoxy) is 6. The third-order valence-corrected chi connectivity index (χ3v) is 14.1. The molecule has 0 spiro atoms. The molecule has 7 rings (SSSR count). The lowest BCUT2D eigenvalue weighted by Gasteiger charge is -2.10. The van der Waals surface area contributed by atoms with E-state index in [9.17, 15) is 24.3 Å². The Bertz CT molecular complexity index is 3000. The number of hydrogen-bond acceptors (Lipinski definition) is 11. The smallest absolute Gasteiger partial charge is 0.347 e. The van der Waals surface area contributed by atoms with E-state index in [1.165, 1.54) is 121 Å². The zero-order chi connectivity index (χ0) is 56.9. The number of aromatic hydroxyl groups is 1. The van der Waals surface area contributed by atoms with E-state index >= 15 is 0 Å². The standard InChI is InChI=1S/C70H78O11/c1-3-5-7-9-11-13-15-17-19-21-49-76-59-36-31-56(32-37-59)67(72)78-61-40-23-52(24-41-61)54-27-44-63(45-28-54)80-69(74)58-35-48-66(71)65(51-58)70(75)81-64-46-29-55(30-47-64)53-25-42-62(43-26-53)79-68(73)57-33-38-60(39-34-57)77-50-22-20-18-16-14-12-10-8-6-4-2/h23-48,51,71H,3-22,49-50H2,1-2H3. The maximum absolute atomic E-state index is 13.3. The van der Waals surface area contributed by atoms with E-state index < -0.39 is 23.9 Å². The fraction of sp³-hybridized carbons (Fsp3) is 0.343. The van der Waals surface area contributed by atoms with Gasteiger partial charge in [-0.15, -0.1) is 0 Å². The zero-order valence-electron chi connectivity index (χ0n) is 47.2. The maximum atomic E-state index is 13.3. The molecule has 0 bridgehead atoms. The van der Waals surface area contributed by atoms with Crippen molar-refractivity contribution in [2.24, 2.45) is 0 Å². The van der Waals surface area contributed by atoms with Crippen molar-refractivity contribution in [3.05, 3.63) is 186 Å². The highest BCUT2D eigenvalue weighted by atomic mass is 16.5. The third-order valence-electron chi connectivity index (χ3n) is 14.1. The van der Waals surface area contributed by atoms with Gasteiger partial charge in [-0.2, -0.15) is 0 Å². The van der Waals surface area contributed by atoms with Crippen LogP contribution in [0.3, 0.4) is 0 Å². The van der Waals surface area contributed by atoms with Gasteiger partial charge >= 0.3 is 23.9 Å². The SMILES string of the molecule is CCCCCCCCCCCCOc1ccc(C(=O)Oc2ccc(-c3ccc(OC(=O)c4ccc(O)c(C(=O)Oc5ccc(-c6ccc(OC(=O)c7ccc(OCCCCCCCCCCCC)cc7)cc6)cc5)c4)cc3)cc2)cc1. The Kier molecular flexibility index (Phi) is 24.9. The van der Waals surface area contributed by atoms with E-state index in [1.54, 1.807) is 121 Å². The van der Waals surface area contributed by atoms with Gasteiger partial charge in [-0.1, -0.05) is 178 Å². The number of carbonyl (C=O) groups excluding carboxylic acids is 4. The second-order valence-corrected chi connectivity index (χ2v) is 20.5. The summed E-state index contributed by atoms with van der Waals surface area (Å²) in [6.45, 7) is 5.79. The summed E-state index contributed by atoms with van der Waals surface area (Å²) >= 11 is 0. The second-order valence-electron chi connectivity index (χ2n) is 20.5. The third kappa shape index (κ3) is 20.5. The highest BCUT2D eigenvalue weighted by Gasteiger charge is 2.19. The van der Waals surface area contributed by atoms with E-state index in [1.807, 2.05) is 24.3 Å². The molecule has 0 aliphatic rings. The molecule has 0 aliphatic heterocycles. The monoisotopic (exact) mass is 1090 g/mol. The first-order chi connectivity index (χ1) is 39.6. The van der Waals surface area contributed by atoms with Gasteiger partial charge in [0.05, 0.1) is 29.9 Å². The molecule has 0 saturated heterocycles. The molecular weight excluding hydrogens is 1020 g/mol. The quantitative estimate of drug-likeness (QED) is 0.0234. The lowest BCUT2D eigenvalue weighted by molar-refractivity contribution is 0.0718. The minimum atomic E-state index is -0.869. The van der Waals surface area contributed by atoms with Crippen molar-refractivity contribution >= 4 is 23.9 Å². The fourth-order valence-electron chi connectivity index (χ4n) is 9.28. The van der Waals surface area contributed by atoms with E-state index in [0.29, 0.717) is 35.8 Å². The minimum Gasteiger partial charge on any atom is -0.507 e. The van der Waals surface area contributed by atoms with Crippen molar-refractivity contribution in [1.82, 2.24) is 0 Å². The second kappa shape index (κ2) is 33.4. The number of esters is 4. The van der Waals surface area contributed by atoms with Crippen molar-refractivity contribution in [2.75, 3.05) is 13.2 Å². The van der Waals surface area contributed by atoms with Crippen LogP contribution in [0.5, 0.6) is 40.2 Å². The number of phenols is 1. The Morgan fingerprint density at radius 1 is 0.296 bits per heavy atom. The Hall–Kier alpha value is -8.18. The first-order valence-corrected chi connectivity index (χ1v) is 29.2. The van der Waals surface area contributed by atoms with Crippen LogP contribution in [0.15, 0.2) is 164 Å². The molecule has 0 aromatic heterocycles. The normalized spacial score (nSPS) is 10.9. The highest BCUT2D eigenvalue weighted by Crippen LogP contribution is 2.30. The predicted octanol–water partition coefficient (Wildman–Crippen LogP) is 18.2. The number of hydrogen-bond donors (Lipinski definition) is 1. The average Bonchev–Trinajstić information content (AvgIpc) is 3.52. The summed E-state index contributed by atoms with van der Waals surface area (Å²) in [4.78, 5) is 52.4. The average molecular weight is 1100 g/mol. The summed E-state index contributed by atoms with van der Waals surface area (Å²) < 4.78 is 34.3. The Morgan fingerprint density at radius 3 is 0.877 bits per heavy atom. The molecule has 424 valence electrons. The van der Waals surface area contributed by atoms with Gasteiger partial charge in [0, 0.05) is 0 Å². The molecule has 0 fully saturated rings. The summed E-state index contributed by atoms with van der Waals surface area (Å²) in [5.74, 6) is -0.220. The molecule has 0 aliphatic carbocycles. The fourth-order valence-corrected chi connectivity index (χ4v) is 9.28. The van der Waals surface area contributed by atoms with Crippen LogP contribution in [0, 0.1) is 0 Å². The molecule has 0 atom stereocenters. The van der Waals surface area contributed by atoms with Crippen LogP contribution >= 0.6 is 0 Å². The predicted molar refractivity (Wildman–Crippen MR) is 319 cm³/mol. The Balaban J connectivity index is 0.804. The summed E-state index contributed by atoms with van der Waals surface area (Å²) in [7, 11) is 0. The van der Waals surface area contributed by atoms with Gasteiger partial charge in [-0.25, -0.2) is 19.2 Å². The number of unbranched alkanes of at least 4 members (excludes halogenated alkanes) is 18. The van der Waals surface area contributed by atoms with Crippen LogP contribution in [0.1, 0.15) is 184 Å². The van der Waals surface area contributed by atoms with Crippen LogP contribution in [-0.4, -0.2) is 42.2 Å². The summed E-state index contributed by atoms with van der Waals surface area (Å²) in [6.07, 6.45) is 25.3. The number of benzene rings is 7. The number of rotatable bonds is 34. The molecule has 0 amide bonds. The highest BCUT2D eigenvalue weighted by molar-refractivity contribution is 5.99. The van der Waals surface area contributed by atoms with E-state index in [2.05, 4.69) is 13.8 Å². The molecule has 11 heteroatoms. The molecule has 0 saturated carbocycles. The molecule has 1 N–H and O–H groups in total. The molecular formula is C70H78O11. The van der Waals surface area contributed by atoms with Gasteiger partial charge in [0.2, 0.25) is 0 Å². The summed E-state index contributed by atoms with van der Waals surface area (Å²) in [5.41, 5.74) is 3.97. The lowest BCUT2D eigenvalue weighted by Crippen LogP contribution is -2.13. The largest absolute Gasteiger partial charge is 0.507 e. The number of carbonyl (C=O) groups is 4. The molecule has 11 nitrogen and oxygen atoms in total. The zero-order valence-corrected chi connectivity index (χ0v) is 47.2. The Morgan fingerprint density at radius 2 is 0.556 bits per heavy atom. The van der Waals surface area contributed by atoms with Crippen molar-refractivity contribution in [3.63, 3.8) is 0 Å².